The third kappa shape index (κ3) is 6.28. The van der Waals surface area contributed by atoms with E-state index in [1.54, 1.807) is 0 Å². The fourth-order valence-corrected chi connectivity index (χ4v) is 1.16. The zero-order valence-corrected chi connectivity index (χ0v) is 7.47. The third-order valence-corrected chi connectivity index (χ3v) is 1.92. The highest BCUT2D eigenvalue weighted by Crippen LogP contribution is 2.02. The molecule has 0 bridgehead atoms. The van der Waals surface area contributed by atoms with Crippen LogP contribution >= 0.6 is 0 Å². The zero-order chi connectivity index (χ0) is 8.53. The maximum atomic E-state index is 5.41. The lowest BCUT2D eigenvalue weighted by molar-refractivity contribution is 0.466. The van der Waals surface area contributed by atoms with Crippen LogP contribution in [0, 0.1) is 0 Å². The Hall–Kier alpha value is -0.120. The van der Waals surface area contributed by atoms with Gasteiger partial charge in [0.05, 0.1) is 0 Å². The van der Waals surface area contributed by atoms with Crippen LogP contribution < -0.4 is 16.8 Å². The minimum absolute atomic E-state index is 0.613. The topological polar surface area (TPSA) is 64.1 Å². The molecule has 0 aliphatic rings. The van der Waals surface area contributed by atoms with Gasteiger partial charge in [-0.3, -0.25) is 0 Å². The molecule has 0 atom stereocenters. The Labute approximate surface area is 69.5 Å². The molecule has 0 amide bonds. The first-order chi connectivity index (χ1) is 5.35. The van der Waals surface area contributed by atoms with Crippen molar-refractivity contribution in [1.82, 2.24) is 5.32 Å². The van der Waals surface area contributed by atoms with Crippen LogP contribution in [0.25, 0.3) is 0 Å². The fraction of sp³-hybridized carbons (Fsp3) is 1.00. The van der Waals surface area contributed by atoms with E-state index in [0.29, 0.717) is 6.04 Å². The Morgan fingerprint density at radius 2 is 1.55 bits per heavy atom. The Balaban J connectivity index is 3.25. The lowest BCUT2D eigenvalue weighted by Crippen LogP contribution is -2.26. The van der Waals surface area contributed by atoms with Crippen molar-refractivity contribution in [2.24, 2.45) is 11.5 Å². The molecule has 0 radical (unpaired) electrons. The van der Waals surface area contributed by atoms with Crippen LogP contribution in [0.3, 0.4) is 0 Å². The van der Waals surface area contributed by atoms with Gasteiger partial charge in [-0.05, 0) is 45.8 Å². The summed E-state index contributed by atoms with van der Waals surface area (Å²) in [5.41, 5.74) is 10.8. The van der Waals surface area contributed by atoms with Crippen molar-refractivity contribution in [2.45, 2.75) is 31.7 Å². The van der Waals surface area contributed by atoms with E-state index in [2.05, 4.69) is 5.32 Å². The molecular formula is C8H21N3. The molecule has 68 valence electrons. The summed E-state index contributed by atoms with van der Waals surface area (Å²) in [5, 5.41) is 3.26. The monoisotopic (exact) mass is 159 g/mol. The van der Waals surface area contributed by atoms with E-state index >= 15 is 0 Å². The number of nitrogens with two attached hydrogens (primary N) is 2. The van der Waals surface area contributed by atoms with E-state index in [0.717, 1.165) is 25.9 Å². The van der Waals surface area contributed by atoms with E-state index in [1.807, 2.05) is 7.05 Å². The summed E-state index contributed by atoms with van der Waals surface area (Å²) >= 11 is 0. The molecule has 0 spiro atoms. The molecule has 0 rings (SSSR count). The van der Waals surface area contributed by atoms with Gasteiger partial charge in [-0.25, -0.2) is 0 Å². The first-order valence-corrected chi connectivity index (χ1v) is 4.42. The van der Waals surface area contributed by atoms with Gasteiger partial charge in [0.15, 0.2) is 0 Å². The number of hydrogen-bond donors (Lipinski definition) is 3. The molecule has 0 aliphatic heterocycles. The van der Waals surface area contributed by atoms with Gasteiger partial charge in [-0.1, -0.05) is 0 Å². The molecule has 0 unspecified atom stereocenters. The third-order valence-electron chi connectivity index (χ3n) is 1.92. The largest absolute Gasteiger partial charge is 0.330 e. The average molecular weight is 159 g/mol. The van der Waals surface area contributed by atoms with Crippen LogP contribution in [0.5, 0.6) is 0 Å². The average Bonchev–Trinajstić information content (AvgIpc) is 2.05. The molecule has 0 aromatic carbocycles. The molecule has 0 aromatic heterocycles. The Kier molecular flexibility index (Phi) is 7.89. The van der Waals surface area contributed by atoms with Crippen LogP contribution in [0.15, 0.2) is 0 Å². The van der Waals surface area contributed by atoms with Crippen molar-refractivity contribution in [3.63, 3.8) is 0 Å². The highest BCUT2D eigenvalue weighted by atomic mass is 14.9. The minimum atomic E-state index is 0.613. The minimum Gasteiger partial charge on any atom is -0.330 e. The predicted molar refractivity (Wildman–Crippen MR) is 49.4 cm³/mol. The molecule has 3 nitrogen and oxygen atoms in total. The van der Waals surface area contributed by atoms with Gasteiger partial charge in [0.2, 0.25) is 0 Å². The molecule has 0 fully saturated rings. The van der Waals surface area contributed by atoms with Gasteiger partial charge in [0.25, 0.3) is 0 Å². The number of rotatable bonds is 7. The summed E-state index contributed by atoms with van der Waals surface area (Å²) in [6.07, 6.45) is 4.56. The highest BCUT2D eigenvalue weighted by molar-refractivity contribution is 4.64. The van der Waals surface area contributed by atoms with Crippen LogP contribution in [0.2, 0.25) is 0 Å². The van der Waals surface area contributed by atoms with Gasteiger partial charge < -0.3 is 16.8 Å². The van der Waals surface area contributed by atoms with Crippen molar-refractivity contribution in [3.8, 4) is 0 Å². The van der Waals surface area contributed by atoms with Gasteiger partial charge in [-0.15, -0.1) is 0 Å². The van der Waals surface area contributed by atoms with Gasteiger partial charge in [-0.2, -0.15) is 0 Å². The van der Waals surface area contributed by atoms with Crippen LogP contribution in [0.4, 0.5) is 0 Å². The molecule has 3 heteroatoms. The van der Waals surface area contributed by atoms with E-state index in [1.165, 1.54) is 12.8 Å². The zero-order valence-electron chi connectivity index (χ0n) is 7.47. The lowest BCUT2D eigenvalue weighted by Gasteiger charge is -2.14. The fourth-order valence-electron chi connectivity index (χ4n) is 1.16. The van der Waals surface area contributed by atoms with Crippen molar-refractivity contribution in [2.75, 3.05) is 20.1 Å². The van der Waals surface area contributed by atoms with E-state index in [-0.39, 0.29) is 0 Å². The first-order valence-electron chi connectivity index (χ1n) is 4.42. The van der Waals surface area contributed by atoms with E-state index in [4.69, 9.17) is 11.5 Å². The summed E-state index contributed by atoms with van der Waals surface area (Å²) < 4.78 is 0. The van der Waals surface area contributed by atoms with Gasteiger partial charge in [0, 0.05) is 6.04 Å². The quantitative estimate of drug-likeness (QED) is 0.492. The molecular weight excluding hydrogens is 138 g/mol. The SMILES string of the molecule is CNC(CCCN)CCCN. The molecule has 11 heavy (non-hydrogen) atoms. The Bertz CT molecular complexity index is 67.7. The summed E-state index contributed by atoms with van der Waals surface area (Å²) in [7, 11) is 2.00. The van der Waals surface area contributed by atoms with E-state index in [9.17, 15) is 0 Å². The maximum Gasteiger partial charge on any atom is 0.00650 e. The summed E-state index contributed by atoms with van der Waals surface area (Å²) in [4.78, 5) is 0. The van der Waals surface area contributed by atoms with Crippen molar-refractivity contribution in [1.29, 1.82) is 0 Å². The molecule has 0 heterocycles. The summed E-state index contributed by atoms with van der Waals surface area (Å²) in [6, 6.07) is 0.613. The standard InChI is InChI=1S/C8H21N3/c1-11-8(4-2-6-9)5-3-7-10/h8,11H,2-7,9-10H2,1H3. The number of hydrogen-bond acceptors (Lipinski definition) is 3. The molecule has 5 N–H and O–H groups in total. The normalized spacial score (nSPS) is 10.9. The van der Waals surface area contributed by atoms with Crippen LogP contribution in [-0.2, 0) is 0 Å². The Morgan fingerprint density at radius 1 is 1.09 bits per heavy atom. The van der Waals surface area contributed by atoms with Crippen LogP contribution in [0.1, 0.15) is 25.7 Å². The Morgan fingerprint density at radius 3 is 1.82 bits per heavy atom. The lowest BCUT2D eigenvalue weighted by atomic mass is 10.1. The van der Waals surface area contributed by atoms with Crippen molar-refractivity contribution < 1.29 is 0 Å². The van der Waals surface area contributed by atoms with Gasteiger partial charge >= 0.3 is 0 Å². The highest BCUT2D eigenvalue weighted by Gasteiger charge is 2.03. The van der Waals surface area contributed by atoms with Gasteiger partial charge in [0.1, 0.15) is 0 Å². The second-order valence-electron chi connectivity index (χ2n) is 2.85. The van der Waals surface area contributed by atoms with E-state index < -0.39 is 0 Å². The maximum absolute atomic E-state index is 5.41. The predicted octanol–water partition coefficient (Wildman–Crippen LogP) is 0.0522. The smallest absolute Gasteiger partial charge is 0.00650 e. The van der Waals surface area contributed by atoms with Crippen molar-refractivity contribution >= 4 is 0 Å². The summed E-state index contributed by atoms with van der Waals surface area (Å²) in [5.74, 6) is 0. The first kappa shape index (κ1) is 10.9. The van der Waals surface area contributed by atoms with Crippen LogP contribution in [-0.4, -0.2) is 26.2 Å². The molecule has 0 saturated heterocycles. The second kappa shape index (κ2) is 7.98. The van der Waals surface area contributed by atoms with Crippen molar-refractivity contribution in [3.05, 3.63) is 0 Å². The summed E-state index contributed by atoms with van der Waals surface area (Å²) in [6.45, 7) is 1.58. The molecule has 0 aromatic rings. The molecule has 0 aliphatic carbocycles. The second-order valence-corrected chi connectivity index (χ2v) is 2.85. The molecule has 0 saturated carbocycles. The number of nitrogens with one attached hydrogen (secondary N) is 1.